The fourth-order valence-corrected chi connectivity index (χ4v) is 3.55. The number of fused-ring (bicyclic) bond motifs is 1. The number of carbonyl (C=O) groups excluding carboxylic acids is 1. The zero-order valence-electron chi connectivity index (χ0n) is 15.1. The zero-order valence-corrected chi connectivity index (χ0v) is 16.7. The lowest BCUT2D eigenvalue weighted by atomic mass is 9.97. The van der Waals surface area contributed by atoms with Crippen LogP contribution in [-0.2, 0) is 11.3 Å². The number of amides is 1. The molecule has 3 rings (SSSR count). The van der Waals surface area contributed by atoms with Crippen molar-refractivity contribution in [1.29, 1.82) is 0 Å². The Balaban J connectivity index is 1.68. The standard InChI is InChI=1S/C18H23BrFN3O3/c1-18(2,3)26-17(25)22-6-4-11(5-7-22)10-23-15-8-12(19)13(20)9-14(15)21-16(23)24/h8-9,11H,4-7,10H2,1-3H3,(H,21,24). The van der Waals surface area contributed by atoms with E-state index in [1.165, 1.54) is 6.07 Å². The number of halogens is 2. The Morgan fingerprint density at radius 1 is 1.35 bits per heavy atom. The Morgan fingerprint density at radius 3 is 2.62 bits per heavy atom. The van der Waals surface area contributed by atoms with Gasteiger partial charge >= 0.3 is 11.8 Å². The van der Waals surface area contributed by atoms with Crippen molar-refractivity contribution in [2.45, 2.75) is 45.8 Å². The van der Waals surface area contributed by atoms with Crippen molar-refractivity contribution < 1.29 is 13.9 Å². The molecule has 142 valence electrons. The van der Waals surface area contributed by atoms with E-state index in [9.17, 15) is 14.0 Å². The minimum atomic E-state index is -0.506. The Hall–Kier alpha value is -1.83. The summed E-state index contributed by atoms with van der Waals surface area (Å²) in [4.78, 5) is 28.8. The SMILES string of the molecule is CC(C)(C)OC(=O)N1CCC(Cn2c(=O)[nH]c3cc(F)c(Br)cc32)CC1. The highest BCUT2D eigenvalue weighted by atomic mass is 79.9. The van der Waals surface area contributed by atoms with Gasteiger partial charge in [-0.1, -0.05) is 0 Å². The molecule has 1 fully saturated rings. The van der Waals surface area contributed by atoms with Crippen LogP contribution >= 0.6 is 15.9 Å². The average molecular weight is 428 g/mol. The smallest absolute Gasteiger partial charge is 0.410 e. The van der Waals surface area contributed by atoms with E-state index in [0.717, 1.165) is 12.8 Å². The largest absolute Gasteiger partial charge is 0.444 e. The van der Waals surface area contributed by atoms with Gasteiger partial charge in [0.2, 0.25) is 0 Å². The van der Waals surface area contributed by atoms with Crippen molar-refractivity contribution in [2.24, 2.45) is 5.92 Å². The van der Waals surface area contributed by atoms with Gasteiger partial charge in [0.05, 0.1) is 15.5 Å². The maximum atomic E-state index is 13.7. The molecule has 0 saturated carbocycles. The van der Waals surface area contributed by atoms with Crippen LogP contribution in [0.25, 0.3) is 11.0 Å². The van der Waals surface area contributed by atoms with Crippen LogP contribution < -0.4 is 5.69 Å². The molecule has 1 aromatic heterocycles. The van der Waals surface area contributed by atoms with Crippen molar-refractivity contribution in [3.8, 4) is 0 Å². The monoisotopic (exact) mass is 427 g/mol. The number of piperidine rings is 1. The molecule has 2 aromatic rings. The maximum absolute atomic E-state index is 13.7. The Labute approximate surface area is 159 Å². The lowest BCUT2D eigenvalue weighted by Gasteiger charge is -2.33. The van der Waals surface area contributed by atoms with Crippen molar-refractivity contribution in [3.05, 3.63) is 32.9 Å². The van der Waals surface area contributed by atoms with Crippen molar-refractivity contribution in [3.63, 3.8) is 0 Å². The second-order valence-corrected chi connectivity index (χ2v) is 8.59. The number of benzene rings is 1. The number of nitrogens with zero attached hydrogens (tertiary/aromatic N) is 2. The van der Waals surface area contributed by atoms with Crippen LogP contribution in [0.4, 0.5) is 9.18 Å². The zero-order chi connectivity index (χ0) is 19.1. The molecule has 1 aliphatic heterocycles. The van der Waals surface area contributed by atoms with Crippen LogP contribution in [0.1, 0.15) is 33.6 Å². The first-order chi connectivity index (χ1) is 12.1. The van der Waals surface area contributed by atoms with Gasteiger partial charge in [0.15, 0.2) is 0 Å². The van der Waals surface area contributed by atoms with E-state index in [2.05, 4.69) is 20.9 Å². The molecular formula is C18H23BrFN3O3. The Morgan fingerprint density at radius 2 is 2.00 bits per heavy atom. The fourth-order valence-electron chi connectivity index (χ4n) is 3.22. The van der Waals surface area contributed by atoms with Crippen LogP contribution in [0.2, 0.25) is 0 Å². The van der Waals surface area contributed by atoms with Crippen LogP contribution in [0.5, 0.6) is 0 Å². The highest BCUT2D eigenvalue weighted by Crippen LogP contribution is 2.25. The molecule has 8 heteroatoms. The molecule has 0 bridgehead atoms. The minimum absolute atomic E-state index is 0.243. The minimum Gasteiger partial charge on any atom is -0.444 e. The quantitative estimate of drug-likeness (QED) is 0.790. The number of hydrogen-bond acceptors (Lipinski definition) is 3. The third-order valence-corrected chi connectivity index (χ3v) is 5.13. The second kappa shape index (κ2) is 7.06. The van der Waals surface area contributed by atoms with Crippen LogP contribution in [0, 0.1) is 11.7 Å². The summed E-state index contributed by atoms with van der Waals surface area (Å²) >= 11 is 3.17. The van der Waals surface area contributed by atoms with Crippen LogP contribution in [0.3, 0.4) is 0 Å². The lowest BCUT2D eigenvalue weighted by Crippen LogP contribution is -2.42. The summed E-state index contributed by atoms with van der Waals surface area (Å²) in [6.07, 6.45) is 1.29. The first-order valence-electron chi connectivity index (χ1n) is 8.69. The van der Waals surface area contributed by atoms with Crippen molar-refractivity contribution >= 4 is 33.1 Å². The van der Waals surface area contributed by atoms with Gasteiger partial charge in [-0.3, -0.25) is 4.57 Å². The van der Waals surface area contributed by atoms with E-state index in [4.69, 9.17) is 4.74 Å². The number of hydrogen-bond donors (Lipinski definition) is 1. The fraction of sp³-hybridized carbons (Fsp3) is 0.556. The highest BCUT2D eigenvalue weighted by Gasteiger charge is 2.27. The van der Waals surface area contributed by atoms with E-state index < -0.39 is 11.4 Å². The molecule has 26 heavy (non-hydrogen) atoms. The first kappa shape index (κ1) is 18.9. The van der Waals surface area contributed by atoms with E-state index in [0.29, 0.717) is 35.1 Å². The van der Waals surface area contributed by atoms with Gasteiger partial charge in [0.1, 0.15) is 11.4 Å². The summed E-state index contributed by atoms with van der Waals surface area (Å²) in [7, 11) is 0. The number of ether oxygens (including phenoxy) is 1. The topological polar surface area (TPSA) is 67.3 Å². The van der Waals surface area contributed by atoms with Gasteiger partial charge in [0, 0.05) is 25.7 Å². The molecule has 1 N–H and O–H groups in total. The number of likely N-dealkylation sites (tertiary alicyclic amines) is 1. The van der Waals surface area contributed by atoms with Crippen LogP contribution in [0.15, 0.2) is 21.4 Å². The predicted octanol–water partition coefficient (Wildman–Crippen LogP) is 3.88. The number of nitrogens with one attached hydrogen (secondary N) is 1. The second-order valence-electron chi connectivity index (χ2n) is 7.73. The summed E-state index contributed by atoms with van der Waals surface area (Å²) in [6, 6.07) is 2.95. The molecule has 6 nitrogen and oxygen atoms in total. The molecule has 0 atom stereocenters. The molecule has 1 saturated heterocycles. The third-order valence-electron chi connectivity index (χ3n) is 4.52. The van der Waals surface area contributed by atoms with Gasteiger partial charge in [0.25, 0.3) is 0 Å². The number of H-pyrrole nitrogens is 1. The molecule has 0 aliphatic carbocycles. The average Bonchev–Trinajstić information content (AvgIpc) is 2.82. The normalized spacial score (nSPS) is 16.3. The molecular weight excluding hydrogens is 405 g/mol. The predicted molar refractivity (Wildman–Crippen MR) is 101 cm³/mol. The number of rotatable bonds is 2. The van der Waals surface area contributed by atoms with E-state index in [1.807, 2.05) is 20.8 Å². The highest BCUT2D eigenvalue weighted by molar-refractivity contribution is 9.10. The summed E-state index contributed by atoms with van der Waals surface area (Å²) in [5, 5.41) is 0. The summed E-state index contributed by atoms with van der Waals surface area (Å²) in [5.41, 5.74) is 0.417. The Kier molecular flexibility index (Phi) is 5.14. The number of imidazole rings is 1. The van der Waals surface area contributed by atoms with Crippen molar-refractivity contribution in [2.75, 3.05) is 13.1 Å². The molecule has 1 aromatic carbocycles. The summed E-state index contributed by atoms with van der Waals surface area (Å²) in [5.74, 6) is -0.134. The van der Waals surface area contributed by atoms with Gasteiger partial charge in [-0.2, -0.15) is 0 Å². The van der Waals surface area contributed by atoms with E-state index >= 15 is 0 Å². The van der Waals surface area contributed by atoms with Gasteiger partial charge in [-0.15, -0.1) is 0 Å². The maximum Gasteiger partial charge on any atom is 0.410 e. The van der Waals surface area contributed by atoms with E-state index in [1.54, 1.807) is 15.5 Å². The van der Waals surface area contributed by atoms with Crippen molar-refractivity contribution in [1.82, 2.24) is 14.5 Å². The lowest BCUT2D eigenvalue weighted by molar-refractivity contribution is 0.0178. The summed E-state index contributed by atoms with van der Waals surface area (Å²) in [6.45, 7) is 7.30. The molecule has 0 unspecified atom stereocenters. The molecule has 0 radical (unpaired) electrons. The molecule has 2 heterocycles. The molecule has 1 amide bonds. The van der Waals surface area contributed by atoms with E-state index in [-0.39, 0.29) is 17.7 Å². The third kappa shape index (κ3) is 4.11. The first-order valence-corrected chi connectivity index (χ1v) is 9.49. The number of carbonyl (C=O) groups is 1. The molecule has 0 spiro atoms. The van der Waals surface area contributed by atoms with Crippen LogP contribution in [-0.4, -0.2) is 39.2 Å². The number of aromatic nitrogens is 2. The molecule has 1 aliphatic rings. The summed E-state index contributed by atoms with van der Waals surface area (Å²) < 4.78 is 21.0. The van der Waals surface area contributed by atoms with Gasteiger partial charge in [-0.05, 0) is 61.5 Å². The van der Waals surface area contributed by atoms with Gasteiger partial charge < -0.3 is 14.6 Å². The Bertz CT molecular complexity index is 876. The van der Waals surface area contributed by atoms with Gasteiger partial charge in [-0.25, -0.2) is 14.0 Å². The number of aromatic amines is 1.